The molecule has 0 radical (unpaired) electrons. The lowest BCUT2D eigenvalue weighted by Crippen LogP contribution is -2.45. The zero-order valence-corrected chi connectivity index (χ0v) is 20.1. The average molecular weight is 475 g/mol. The molecule has 2 aromatic heterocycles. The van der Waals surface area contributed by atoms with Gasteiger partial charge < -0.3 is 24.6 Å². The van der Waals surface area contributed by atoms with Crippen LogP contribution in [-0.2, 0) is 9.47 Å². The Labute approximate surface area is 204 Å². The van der Waals surface area contributed by atoms with Gasteiger partial charge in [0.15, 0.2) is 5.65 Å². The van der Waals surface area contributed by atoms with E-state index in [1.54, 1.807) is 13.1 Å². The standard InChI is InChI=1S/C26H30N6O3/c1-16-14-34-9-8-32(16)26-29-23-21(24(30-26)31-12-17-10-20(13-31)35-15-17)6-7-22(28-23)18-4-3-5-19(11-18)25(33)27-2/h3-7,11,16-17,20H,8-10,12-15H2,1-2H3,(H,27,33). The van der Waals surface area contributed by atoms with Gasteiger partial charge in [-0.2, -0.15) is 9.97 Å². The molecule has 3 atom stereocenters. The monoisotopic (exact) mass is 474 g/mol. The number of carbonyl (C=O) groups excluding carboxylic acids is 1. The second-order valence-electron chi connectivity index (χ2n) is 9.65. The molecule has 6 rings (SSSR count). The second-order valence-corrected chi connectivity index (χ2v) is 9.65. The number of carbonyl (C=O) groups is 1. The summed E-state index contributed by atoms with van der Waals surface area (Å²) in [6, 6.07) is 11.7. The molecule has 35 heavy (non-hydrogen) atoms. The van der Waals surface area contributed by atoms with Gasteiger partial charge in [-0.05, 0) is 37.6 Å². The summed E-state index contributed by atoms with van der Waals surface area (Å²) in [5.41, 5.74) is 2.90. The molecular formula is C26H30N6O3. The lowest BCUT2D eigenvalue weighted by atomic mass is 10.00. The molecule has 3 aliphatic rings. The molecule has 2 bridgehead atoms. The largest absolute Gasteiger partial charge is 0.377 e. The zero-order chi connectivity index (χ0) is 23.9. The molecule has 3 unspecified atom stereocenters. The van der Waals surface area contributed by atoms with E-state index >= 15 is 0 Å². The SMILES string of the molecule is CNC(=O)c1cccc(-c2ccc3c(N4CC5COC(C5)C4)nc(N4CCOCC4C)nc3n2)c1. The first-order valence-corrected chi connectivity index (χ1v) is 12.3. The molecule has 0 aliphatic carbocycles. The number of nitrogens with zero attached hydrogens (tertiary/aromatic N) is 5. The normalized spacial score (nSPS) is 24.1. The minimum atomic E-state index is -0.122. The molecule has 3 saturated heterocycles. The summed E-state index contributed by atoms with van der Waals surface area (Å²) >= 11 is 0. The van der Waals surface area contributed by atoms with Crippen LogP contribution < -0.4 is 15.1 Å². The van der Waals surface area contributed by atoms with Gasteiger partial charge in [-0.3, -0.25) is 4.79 Å². The van der Waals surface area contributed by atoms with Crippen LogP contribution in [0.1, 0.15) is 23.7 Å². The van der Waals surface area contributed by atoms with E-state index in [9.17, 15) is 4.79 Å². The predicted molar refractivity (Wildman–Crippen MR) is 134 cm³/mol. The number of aromatic nitrogens is 3. The minimum absolute atomic E-state index is 0.122. The highest BCUT2D eigenvalue weighted by atomic mass is 16.5. The van der Waals surface area contributed by atoms with Crippen LogP contribution in [-0.4, -0.2) is 79.5 Å². The van der Waals surface area contributed by atoms with E-state index in [4.69, 9.17) is 24.4 Å². The summed E-state index contributed by atoms with van der Waals surface area (Å²) in [5.74, 6) is 2.01. The fourth-order valence-electron chi connectivity index (χ4n) is 5.34. The molecule has 9 nitrogen and oxygen atoms in total. The third kappa shape index (κ3) is 4.19. The fourth-order valence-corrected chi connectivity index (χ4v) is 5.34. The van der Waals surface area contributed by atoms with Crippen molar-refractivity contribution in [2.75, 3.05) is 56.3 Å². The molecule has 1 aromatic carbocycles. The van der Waals surface area contributed by atoms with Gasteiger partial charge in [0.1, 0.15) is 5.82 Å². The Hall–Kier alpha value is -3.30. The van der Waals surface area contributed by atoms with Crippen LogP contribution in [0.5, 0.6) is 0 Å². The predicted octanol–water partition coefficient (Wildman–Crippen LogP) is 2.50. The molecule has 5 heterocycles. The van der Waals surface area contributed by atoms with Crippen molar-refractivity contribution in [1.29, 1.82) is 0 Å². The number of nitrogens with one attached hydrogen (secondary N) is 1. The van der Waals surface area contributed by atoms with Crippen molar-refractivity contribution in [2.45, 2.75) is 25.5 Å². The molecular weight excluding hydrogens is 444 g/mol. The molecule has 3 aromatic rings. The number of hydrogen-bond donors (Lipinski definition) is 1. The number of benzene rings is 1. The molecule has 1 N–H and O–H groups in total. The number of fused-ring (bicyclic) bond motifs is 3. The van der Waals surface area contributed by atoms with Gasteiger partial charge >= 0.3 is 0 Å². The Kier molecular flexibility index (Phi) is 5.74. The molecule has 3 fully saturated rings. The summed E-state index contributed by atoms with van der Waals surface area (Å²) in [7, 11) is 1.63. The number of rotatable bonds is 4. The second kappa shape index (κ2) is 9.05. The molecule has 182 valence electrons. The highest BCUT2D eigenvalue weighted by molar-refractivity contribution is 5.95. The first kappa shape index (κ1) is 22.2. The van der Waals surface area contributed by atoms with Gasteiger partial charge in [-0.25, -0.2) is 4.98 Å². The highest BCUT2D eigenvalue weighted by Crippen LogP contribution is 2.34. The van der Waals surface area contributed by atoms with Crippen molar-refractivity contribution in [2.24, 2.45) is 5.92 Å². The maximum Gasteiger partial charge on any atom is 0.251 e. The van der Waals surface area contributed by atoms with Crippen molar-refractivity contribution in [3.8, 4) is 11.3 Å². The van der Waals surface area contributed by atoms with E-state index in [1.165, 1.54) is 0 Å². The van der Waals surface area contributed by atoms with Crippen molar-refractivity contribution in [3.05, 3.63) is 42.0 Å². The third-order valence-electron chi connectivity index (χ3n) is 7.17. The maximum atomic E-state index is 12.2. The smallest absolute Gasteiger partial charge is 0.251 e. The minimum Gasteiger partial charge on any atom is -0.377 e. The number of pyridine rings is 1. The van der Waals surface area contributed by atoms with Gasteiger partial charge in [0.05, 0.1) is 43.0 Å². The van der Waals surface area contributed by atoms with Crippen LogP contribution >= 0.6 is 0 Å². The van der Waals surface area contributed by atoms with Crippen molar-refractivity contribution >= 4 is 28.7 Å². The highest BCUT2D eigenvalue weighted by Gasteiger charge is 2.35. The van der Waals surface area contributed by atoms with Crippen molar-refractivity contribution in [3.63, 3.8) is 0 Å². The quantitative estimate of drug-likeness (QED) is 0.617. The number of hydrogen-bond acceptors (Lipinski definition) is 8. The van der Waals surface area contributed by atoms with Gasteiger partial charge in [0.2, 0.25) is 5.95 Å². The topological polar surface area (TPSA) is 92.7 Å². The summed E-state index contributed by atoms with van der Waals surface area (Å²) in [5, 5.41) is 3.61. The fraction of sp³-hybridized carbons (Fsp3) is 0.462. The van der Waals surface area contributed by atoms with Crippen LogP contribution in [0.3, 0.4) is 0 Å². The van der Waals surface area contributed by atoms with E-state index in [0.29, 0.717) is 36.3 Å². The summed E-state index contributed by atoms with van der Waals surface area (Å²) in [6.45, 7) is 6.76. The lowest BCUT2D eigenvalue weighted by molar-refractivity contribution is 0.0963. The number of ether oxygens (including phenoxy) is 2. The number of anilines is 2. The Balaban J connectivity index is 1.45. The van der Waals surface area contributed by atoms with Gasteiger partial charge in [0.25, 0.3) is 5.91 Å². The molecule has 0 spiro atoms. The number of morpholine rings is 1. The van der Waals surface area contributed by atoms with Gasteiger partial charge in [-0.1, -0.05) is 12.1 Å². The molecule has 3 aliphatic heterocycles. The number of amides is 1. The van der Waals surface area contributed by atoms with E-state index in [1.807, 2.05) is 24.3 Å². The Morgan fingerprint density at radius 3 is 2.86 bits per heavy atom. The van der Waals surface area contributed by atoms with Crippen LogP contribution in [0, 0.1) is 5.92 Å². The molecule has 9 heteroatoms. The van der Waals surface area contributed by atoms with Crippen LogP contribution in [0.2, 0.25) is 0 Å². The maximum absolute atomic E-state index is 12.2. The average Bonchev–Trinajstić information content (AvgIpc) is 3.24. The Morgan fingerprint density at radius 2 is 2.03 bits per heavy atom. The first-order chi connectivity index (χ1) is 17.1. The van der Waals surface area contributed by atoms with Crippen molar-refractivity contribution in [1.82, 2.24) is 20.3 Å². The molecule has 1 amide bonds. The molecule has 0 saturated carbocycles. The van der Waals surface area contributed by atoms with Crippen LogP contribution in [0.4, 0.5) is 11.8 Å². The van der Waals surface area contributed by atoms with Crippen LogP contribution in [0.25, 0.3) is 22.3 Å². The van der Waals surface area contributed by atoms with E-state index in [-0.39, 0.29) is 18.1 Å². The Bertz CT molecular complexity index is 1260. The van der Waals surface area contributed by atoms with Crippen molar-refractivity contribution < 1.29 is 14.3 Å². The summed E-state index contributed by atoms with van der Waals surface area (Å²) in [6.07, 6.45) is 1.38. The lowest BCUT2D eigenvalue weighted by Gasteiger charge is -2.35. The Morgan fingerprint density at radius 1 is 1.11 bits per heavy atom. The zero-order valence-electron chi connectivity index (χ0n) is 20.1. The number of piperidine rings is 1. The van der Waals surface area contributed by atoms with Crippen LogP contribution in [0.15, 0.2) is 36.4 Å². The summed E-state index contributed by atoms with van der Waals surface area (Å²) in [4.78, 5) is 31.7. The van der Waals surface area contributed by atoms with E-state index < -0.39 is 0 Å². The van der Waals surface area contributed by atoms with Gasteiger partial charge in [0, 0.05) is 43.7 Å². The van der Waals surface area contributed by atoms with E-state index in [2.05, 4.69) is 28.1 Å². The summed E-state index contributed by atoms with van der Waals surface area (Å²) < 4.78 is 11.6. The van der Waals surface area contributed by atoms with Gasteiger partial charge in [-0.15, -0.1) is 0 Å². The third-order valence-corrected chi connectivity index (χ3v) is 7.17. The van der Waals surface area contributed by atoms with E-state index in [0.717, 1.165) is 55.1 Å². The first-order valence-electron chi connectivity index (χ1n) is 12.3.